The van der Waals surface area contributed by atoms with E-state index in [0.29, 0.717) is 0 Å². The second-order valence-electron chi connectivity index (χ2n) is 6.43. The van der Waals surface area contributed by atoms with E-state index in [1.165, 1.54) is 12.0 Å². The summed E-state index contributed by atoms with van der Waals surface area (Å²) in [5, 5.41) is 3.84. The summed E-state index contributed by atoms with van der Waals surface area (Å²) in [5.41, 5.74) is 3.14. The van der Waals surface area contributed by atoms with E-state index >= 15 is 0 Å². The molecule has 5 nitrogen and oxygen atoms in total. The minimum Gasteiger partial charge on any atom is -0.361 e. The molecule has 0 atom stereocenters. The molecule has 6 heteroatoms. The molecule has 1 heterocycles. The predicted molar refractivity (Wildman–Crippen MR) is 108 cm³/mol. The molecule has 0 bridgehead atoms. The molecule has 0 radical (unpaired) electrons. The van der Waals surface area contributed by atoms with E-state index in [4.69, 9.17) is 0 Å². The van der Waals surface area contributed by atoms with Gasteiger partial charge in [0.2, 0.25) is 0 Å². The molecule has 0 aliphatic carbocycles. The van der Waals surface area contributed by atoms with Gasteiger partial charge in [-0.25, -0.2) is 8.42 Å². The molecule has 25 heavy (non-hydrogen) atoms. The highest BCUT2D eigenvalue weighted by molar-refractivity contribution is 7.90. The van der Waals surface area contributed by atoms with Crippen molar-refractivity contribution in [2.24, 2.45) is 0 Å². The molecule has 0 saturated carbocycles. The largest absolute Gasteiger partial charge is 0.361 e. The molecular weight excluding hydrogens is 334 g/mol. The van der Waals surface area contributed by atoms with E-state index in [1.54, 1.807) is 7.05 Å². The van der Waals surface area contributed by atoms with Gasteiger partial charge in [0.15, 0.2) is 9.84 Å². The molecule has 2 aromatic rings. The van der Waals surface area contributed by atoms with Gasteiger partial charge in [-0.3, -0.25) is 0 Å². The molecule has 1 aromatic heterocycles. The summed E-state index contributed by atoms with van der Waals surface area (Å²) in [6.07, 6.45) is 4.23. The van der Waals surface area contributed by atoms with Crippen molar-refractivity contribution in [1.29, 1.82) is 0 Å². The lowest BCUT2D eigenvalue weighted by atomic mass is 10.1. The molecule has 142 valence electrons. The monoisotopic (exact) mass is 367 g/mol. The third kappa shape index (κ3) is 7.18. The van der Waals surface area contributed by atoms with E-state index < -0.39 is 9.84 Å². The smallest absolute Gasteiger partial charge is 0.167 e. The number of fused-ring (bicyclic) bond motifs is 1. The van der Waals surface area contributed by atoms with Gasteiger partial charge in [0.05, 0.1) is 11.6 Å². The van der Waals surface area contributed by atoms with Crippen molar-refractivity contribution in [3.8, 4) is 0 Å². The van der Waals surface area contributed by atoms with Crippen LogP contribution in [-0.4, -0.2) is 51.4 Å². The number of aromatic amines is 1. The van der Waals surface area contributed by atoms with Gasteiger partial charge in [-0.05, 0) is 50.3 Å². The predicted octanol–water partition coefficient (Wildman–Crippen LogP) is 3.17. The Labute approximate surface area is 152 Å². The Hall–Kier alpha value is -1.37. The standard InChI is InChI=1S/C16H25N3O2S.C3H8/c1-4-19(3)8-7-14-10-18-16-6-5-13(9-15(14)16)11-22(20,21)12-17-2;1-3-2/h5-6,9-10,17-18H,4,7-8,11-12H2,1-3H3;3H2,1-2H3. The molecule has 2 rings (SSSR count). The molecule has 0 unspecified atom stereocenters. The molecule has 0 saturated heterocycles. The van der Waals surface area contributed by atoms with Crippen LogP contribution in [0.2, 0.25) is 0 Å². The highest BCUT2D eigenvalue weighted by atomic mass is 32.2. The lowest BCUT2D eigenvalue weighted by Crippen LogP contribution is -2.20. The fourth-order valence-corrected chi connectivity index (χ4v) is 3.75. The first-order chi connectivity index (χ1) is 11.9. The number of H-pyrrole nitrogens is 1. The van der Waals surface area contributed by atoms with Crippen LogP contribution in [0, 0.1) is 0 Å². The second kappa shape index (κ2) is 10.6. The van der Waals surface area contributed by atoms with Gasteiger partial charge in [-0.2, -0.15) is 0 Å². The third-order valence-corrected chi connectivity index (χ3v) is 5.39. The Morgan fingerprint density at radius 1 is 1.20 bits per heavy atom. The van der Waals surface area contributed by atoms with Gasteiger partial charge in [-0.15, -0.1) is 0 Å². The Balaban J connectivity index is 0.000000970. The number of benzene rings is 1. The van der Waals surface area contributed by atoms with Crippen molar-refractivity contribution in [3.63, 3.8) is 0 Å². The molecule has 0 aliphatic heterocycles. The van der Waals surface area contributed by atoms with Crippen LogP contribution in [0.15, 0.2) is 24.4 Å². The minimum absolute atomic E-state index is 0.00628. The van der Waals surface area contributed by atoms with Crippen molar-refractivity contribution in [3.05, 3.63) is 35.5 Å². The summed E-state index contributed by atoms with van der Waals surface area (Å²) in [7, 11) is 0.641. The van der Waals surface area contributed by atoms with Crippen molar-refractivity contribution < 1.29 is 8.42 Å². The zero-order valence-electron chi connectivity index (χ0n) is 16.2. The summed E-state index contributed by atoms with van der Waals surface area (Å²) < 4.78 is 23.9. The van der Waals surface area contributed by atoms with Crippen LogP contribution < -0.4 is 5.32 Å². The maximum Gasteiger partial charge on any atom is 0.167 e. The molecule has 0 spiro atoms. The van der Waals surface area contributed by atoms with Crippen LogP contribution in [0.25, 0.3) is 10.9 Å². The van der Waals surface area contributed by atoms with Gasteiger partial charge >= 0.3 is 0 Å². The fourth-order valence-electron chi connectivity index (χ4n) is 2.52. The van der Waals surface area contributed by atoms with Crippen LogP contribution in [-0.2, 0) is 22.0 Å². The molecule has 2 N–H and O–H groups in total. The summed E-state index contributed by atoms with van der Waals surface area (Å²) in [4.78, 5) is 5.53. The average molecular weight is 368 g/mol. The molecule has 0 amide bonds. The van der Waals surface area contributed by atoms with Gasteiger partial charge in [0, 0.05) is 23.6 Å². The van der Waals surface area contributed by atoms with E-state index in [2.05, 4.69) is 43.0 Å². The highest BCUT2D eigenvalue weighted by Crippen LogP contribution is 2.21. The number of nitrogens with one attached hydrogen (secondary N) is 2. The number of rotatable bonds is 8. The summed E-state index contributed by atoms with van der Waals surface area (Å²) in [6, 6.07) is 5.85. The first-order valence-electron chi connectivity index (χ1n) is 8.99. The SMILES string of the molecule is CCC.CCN(C)CCc1c[nH]c2ccc(CS(=O)(=O)CNC)cc12. The van der Waals surface area contributed by atoms with E-state index in [9.17, 15) is 8.42 Å². The van der Waals surface area contributed by atoms with Crippen LogP contribution in [0.1, 0.15) is 38.3 Å². The van der Waals surface area contributed by atoms with Crippen LogP contribution in [0.4, 0.5) is 0 Å². The van der Waals surface area contributed by atoms with Crippen LogP contribution in [0.3, 0.4) is 0 Å². The maximum absolute atomic E-state index is 11.9. The molecule has 0 aliphatic rings. The average Bonchev–Trinajstić information content (AvgIpc) is 2.95. The zero-order valence-corrected chi connectivity index (χ0v) is 17.0. The quantitative estimate of drug-likeness (QED) is 0.752. The highest BCUT2D eigenvalue weighted by Gasteiger charge is 2.12. The number of nitrogens with zero attached hydrogens (tertiary/aromatic N) is 1. The molecule has 0 fully saturated rings. The first-order valence-corrected chi connectivity index (χ1v) is 10.8. The number of aromatic nitrogens is 1. The van der Waals surface area contributed by atoms with Gasteiger partial charge in [-0.1, -0.05) is 33.3 Å². The number of hydrogen-bond donors (Lipinski definition) is 2. The lowest BCUT2D eigenvalue weighted by Gasteiger charge is -2.12. The van der Waals surface area contributed by atoms with Crippen molar-refractivity contribution >= 4 is 20.7 Å². The lowest BCUT2D eigenvalue weighted by molar-refractivity contribution is 0.358. The Bertz CT molecular complexity index is 738. The van der Waals surface area contributed by atoms with E-state index in [-0.39, 0.29) is 11.6 Å². The van der Waals surface area contributed by atoms with Gasteiger partial charge in [0.25, 0.3) is 0 Å². The van der Waals surface area contributed by atoms with Crippen LogP contribution in [0.5, 0.6) is 0 Å². The third-order valence-electron chi connectivity index (χ3n) is 3.89. The first kappa shape index (κ1) is 21.7. The van der Waals surface area contributed by atoms with Gasteiger partial charge < -0.3 is 15.2 Å². The Kier molecular flexibility index (Phi) is 9.17. The van der Waals surface area contributed by atoms with E-state index in [0.717, 1.165) is 36.0 Å². The normalized spacial score (nSPS) is 11.6. The minimum atomic E-state index is -3.11. The van der Waals surface area contributed by atoms with Crippen molar-refractivity contribution in [2.75, 3.05) is 33.1 Å². The Morgan fingerprint density at radius 2 is 1.88 bits per heavy atom. The number of hydrogen-bond acceptors (Lipinski definition) is 4. The van der Waals surface area contributed by atoms with Crippen molar-refractivity contribution in [2.45, 2.75) is 39.4 Å². The zero-order chi connectivity index (χ0) is 18.9. The summed E-state index contributed by atoms with van der Waals surface area (Å²) in [6.45, 7) is 8.40. The summed E-state index contributed by atoms with van der Waals surface area (Å²) >= 11 is 0. The van der Waals surface area contributed by atoms with E-state index in [1.807, 2.05) is 24.4 Å². The topological polar surface area (TPSA) is 65.2 Å². The van der Waals surface area contributed by atoms with Crippen LogP contribution >= 0.6 is 0 Å². The Morgan fingerprint density at radius 3 is 2.48 bits per heavy atom. The van der Waals surface area contributed by atoms with Crippen molar-refractivity contribution in [1.82, 2.24) is 15.2 Å². The molecule has 1 aromatic carbocycles. The fraction of sp³-hybridized carbons (Fsp3) is 0.579. The number of likely N-dealkylation sites (N-methyl/N-ethyl adjacent to an activating group) is 1. The summed E-state index contributed by atoms with van der Waals surface area (Å²) in [5.74, 6) is 0.0790. The van der Waals surface area contributed by atoms with Gasteiger partial charge in [0.1, 0.15) is 0 Å². The molecular formula is C19H33N3O2S. The maximum atomic E-state index is 11.9. The second-order valence-corrected chi connectivity index (χ2v) is 8.50. The number of sulfone groups is 1.